The Hall–Kier alpha value is -0.0900. The lowest BCUT2D eigenvalue weighted by Crippen LogP contribution is -2.30. The van der Waals surface area contributed by atoms with E-state index < -0.39 is 0 Å². The molecule has 4 heteroatoms. The lowest BCUT2D eigenvalue weighted by atomic mass is 10.2. The lowest BCUT2D eigenvalue weighted by Gasteiger charge is -2.25. The summed E-state index contributed by atoms with van der Waals surface area (Å²) in [6.07, 6.45) is 2.43. The molecule has 86 valence electrons. The van der Waals surface area contributed by atoms with E-state index in [2.05, 4.69) is 18.9 Å². The number of hydrogen-bond donors (Lipinski definition) is 1. The molecule has 0 aromatic carbocycles. The van der Waals surface area contributed by atoms with Crippen molar-refractivity contribution in [2.45, 2.75) is 25.8 Å². The van der Waals surface area contributed by atoms with Crippen molar-refractivity contribution in [3.8, 4) is 0 Å². The molecule has 0 fully saturated rings. The number of nitrogens with two attached hydrogens (primary N) is 1. The van der Waals surface area contributed by atoms with E-state index in [1.165, 1.54) is 17.7 Å². The summed E-state index contributed by atoms with van der Waals surface area (Å²) >= 11 is 7.61. The Balaban J connectivity index is 2.62. The Labute approximate surface area is 101 Å². The van der Waals surface area contributed by atoms with Crippen LogP contribution in [0.4, 0.5) is 0 Å². The number of nitrogens with zero attached hydrogens (tertiary/aromatic N) is 1. The van der Waals surface area contributed by atoms with Crippen molar-refractivity contribution in [3.05, 3.63) is 21.3 Å². The van der Waals surface area contributed by atoms with Gasteiger partial charge in [-0.3, -0.25) is 4.90 Å². The minimum Gasteiger partial charge on any atom is -0.329 e. The van der Waals surface area contributed by atoms with E-state index >= 15 is 0 Å². The zero-order valence-corrected chi connectivity index (χ0v) is 10.9. The van der Waals surface area contributed by atoms with Crippen LogP contribution in [0.15, 0.2) is 11.4 Å². The van der Waals surface area contributed by atoms with Gasteiger partial charge in [-0.05, 0) is 26.1 Å². The Morgan fingerprint density at radius 1 is 1.60 bits per heavy atom. The maximum Gasteiger partial charge on any atom is 0.0562 e. The first kappa shape index (κ1) is 13.0. The molecule has 2 nitrogen and oxygen atoms in total. The molecule has 0 aliphatic carbocycles. The fourth-order valence-corrected chi connectivity index (χ4v) is 2.84. The van der Waals surface area contributed by atoms with Crippen molar-refractivity contribution in [1.82, 2.24) is 4.90 Å². The molecule has 0 aliphatic heterocycles. The summed E-state index contributed by atoms with van der Waals surface area (Å²) in [5.74, 6) is 0. The zero-order chi connectivity index (χ0) is 11.3. The van der Waals surface area contributed by atoms with Gasteiger partial charge in [-0.2, -0.15) is 0 Å². The van der Waals surface area contributed by atoms with Crippen molar-refractivity contribution in [3.63, 3.8) is 0 Å². The first-order chi connectivity index (χ1) is 7.19. The second-order valence-corrected chi connectivity index (χ2v) is 5.13. The average molecular weight is 247 g/mol. The van der Waals surface area contributed by atoms with Gasteiger partial charge in [0.05, 0.1) is 11.1 Å². The minimum absolute atomic E-state index is 0.314. The number of halogens is 1. The van der Waals surface area contributed by atoms with Crippen LogP contribution in [0.25, 0.3) is 0 Å². The summed E-state index contributed by atoms with van der Waals surface area (Å²) in [7, 11) is 2.13. The van der Waals surface area contributed by atoms with Crippen LogP contribution in [-0.4, -0.2) is 25.0 Å². The van der Waals surface area contributed by atoms with Crippen molar-refractivity contribution in [1.29, 1.82) is 0 Å². The van der Waals surface area contributed by atoms with Crippen LogP contribution >= 0.6 is 22.9 Å². The zero-order valence-electron chi connectivity index (χ0n) is 9.37. The standard InChI is InChI=1S/C11H19ClN2S/c1-3-4-5-14(2)10(7-13)11-6-9(12)8-15-11/h6,8,10H,3-5,7,13H2,1-2H3. The second kappa shape index (κ2) is 6.48. The summed E-state index contributed by atoms with van der Waals surface area (Å²) in [4.78, 5) is 3.58. The Kier molecular flexibility index (Phi) is 5.61. The molecule has 0 amide bonds. The van der Waals surface area contributed by atoms with Gasteiger partial charge < -0.3 is 5.73 Å². The maximum atomic E-state index is 5.92. The molecule has 2 N–H and O–H groups in total. The lowest BCUT2D eigenvalue weighted by molar-refractivity contribution is 0.250. The molecule has 0 saturated heterocycles. The van der Waals surface area contributed by atoms with E-state index in [1.807, 2.05) is 11.4 Å². The van der Waals surface area contributed by atoms with E-state index in [0.717, 1.165) is 11.6 Å². The Morgan fingerprint density at radius 2 is 2.33 bits per heavy atom. The number of likely N-dealkylation sites (N-methyl/N-ethyl adjacent to an activating group) is 1. The van der Waals surface area contributed by atoms with Crippen LogP contribution in [0.1, 0.15) is 30.7 Å². The highest BCUT2D eigenvalue weighted by Gasteiger charge is 2.16. The van der Waals surface area contributed by atoms with E-state index in [9.17, 15) is 0 Å². The second-order valence-electron chi connectivity index (χ2n) is 3.75. The van der Waals surface area contributed by atoms with E-state index in [0.29, 0.717) is 12.6 Å². The Morgan fingerprint density at radius 3 is 2.80 bits per heavy atom. The summed E-state index contributed by atoms with van der Waals surface area (Å²) < 4.78 is 0. The third-order valence-electron chi connectivity index (χ3n) is 2.54. The highest BCUT2D eigenvalue weighted by Crippen LogP contribution is 2.28. The smallest absolute Gasteiger partial charge is 0.0562 e. The summed E-state index contributed by atoms with van der Waals surface area (Å²) in [6, 6.07) is 2.33. The van der Waals surface area contributed by atoms with Gasteiger partial charge in [-0.1, -0.05) is 24.9 Å². The van der Waals surface area contributed by atoms with Crippen LogP contribution in [0.2, 0.25) is 5.02 Å². The molecule has 1 atom stereocenters. The Bertz CT molecular complexity index is 288. The number of thiophene rings is 1. The van der Waals surface area contributed by atoms with Crippen molar-refractivity contribution in [2.24, 2.45) is 5.73 Å². The van der Waals surface area contributed by atoms with Crippen molar-refractivity contribution >= 4 is 22.9 Å². The van der Waals surface area contributed by atoms with Crippen LogP contribution in [-0.2, 0) is 0 Å². The summed E-state index contributed by atoms with van der Waals surface area (Å²) in [6.45, 7) is 3.94. The van der Waals surface area contributed by atoms with Crippen LogP contribution < -0.4 is 5.73 Å². The fraction of sp³-hybridized carbons (Fsp3) is 0.636. The van der Waals surface area contributed by atoms with Gasteiger partial charge in [0.2, 0.25) is 0 Å². The van der Waals surface area contributed by atoms with Crippen LogP contribution in [0, 0.1) is 0 Å². The monoisotopic (exact) mass is 246 g/mol. The number of unbranched alkanes of at least 4 members (excludes halogenated alkanes) is 1. The highest BCUT2D eigenvalue weighted by atomic mass is 35.5. The SMILES string of the molecule is CCCCN(C)C(CN)c1cc(Cl)cs1. The third kappa shape index (κ3) is 3.76. The molecule has 0 spiro atoms. The quantitative estimate of drug-likeness (QED) is 0.836. The molecule has 1 rings (SSSR count). The highest BCUT2D eigenvalue weighted by molar-refractivity contribution is 7.10. The molecule has 0 radical (unpaired) electrons. The average Bonchev–Trinajstić information content (AvgIpc) is 2.63. The van der Waals surface area contributed by atoms with Gasteiger partial charge in [0.25, 0.3) is 0 Å². The van der Waals surface area contributed by atoms with Gasteiger partial charge in [-0.15, -0.1) is 11.3 Å². The topological polar surface area (TPSA) is 29.3 Å². The third-order valence-corrected chi connectivity index (χ3v) is 3.92. The normalized spacial score (nSPS) is 13.4. The fourth-order valence-electron chi connectivity index (χ4n) is 1.58. The minimum atomic E-state index is 0.314. The number of hydrogen-bond acceptors (Lipinski definition) is 3. The van der Waals surface area contributed by atoms with Gasteiger partial charge >= 0.3 is 0 Å². The molecule has 0 saturated carbocycles. The van der Waals surface area contributed by atoms with Gasteiger partial charge in [0.15, 0.2) is 0 Å². The van der Waals surface area contributed by atoms with E-state index in [4.69, 9.17) is 17.3 Å². The first-order valence-corrected chi connectivity index (χ1v) is 6.59. The van der Waals surface area contributed by atoms with E-state index in [1.54, 1.807) is 11.3 Å². The molecule has 0 bridgehead atoms. The predicted molar refractivity (Wildman–Crippen MR) is 68.7 cm³/mol. The van der Waals surface area contributed by atoms with Crippen LogP contribution in [0.3, 0.4) is 0 Å². The molecular formula is C11H19ClN2S. The number of rotatable bonds is 6. The summed E-state index contributed by atoms with van der Waals surface area (Å²) in [5.41, 5.74) is 5.81. The molecule has 1 aromatic heterocycles. The van der Waals surface area contributed by atoms with E-state index in [-0.39, 0.29) is 0 Å². The molecule has 1 aromatic rings. The molecule has 1 heterocycles. The molecule has 1 unspecified atom stereocenters. The molecule has 0 aliphatic rings. The molecule has 15 heavy (non-hydrogen) atoms. The largest absolute Gasteiger partial charge is 0.329 e. The summed E-state index contributed by atoms with van der Waals surface area (Å²) in [5, 5.41) is 2.78. The van der Waals surface area contributed by atoms with Gasteiger partial charge in [0.1, 0.15) is 0 Å². The van der Waals surface area contributed by atoms with Crippen molar-refractivity contribution in [2.75, 3.05) is 20.1 Å². The van der Waals surface area contributed by atoms with Crippen molar-refractivity contribution < 1.29 is 0 Å². The first-order valence-electron chi connectivity index (χ1n) is 5.33. The van der Waals surface area contributed by atoms with Gasteiger partial charge in [-0.25, -0.2) is 0 Å². The van der Waals surface area contributed by atoms with Gasteiger partial charge in [0, 0.05) is 16.8 Å². The maximum absolute atomic E-state index is 5.92. The van der Waals surface area contributed by atoms with Crippen LogP contribution in [0.5, 0.6) is 0 Å². The molecular weight excluding hydrogens is 228 g/mol. The predicted octanol–water partition coefficient (Wildman–Crippen LogP) is 3.13.